The Kier molecular flexibility index (Phi) is 8.06. The molecule has 1 aromatic rings. The van der Waals surface area contributed by atoms with Gasteiger partial charge in [0.2, 0.25) is 0 Å². The Balaban J connectivity index is 2.56. The Labute approximate surface area is 142 Å². The number of carbonyl (C=O) groups excluding carboxylic acids is 2. The highest BCUT2D eigenvalue weighted by Gasteiger charge is 2.17. The fourth-order valence-electron chi connectivity index (χ4n) is 2.38. The number of anilines is 1. The molecule has 0 bridgehead atoms. The Morgan fingerprint density at radius 3 is 2.57 bits per heavy atom. The molecule has 2 amide bonds. The zero-order valence-electron chi connectivity index (χ0n) is 13.9. The zero-order valence-corrected chi connectivity index (χ0v) is 14.6. The van der Waals surface area contributed by atoms with Crippen molar-refractivity contribution in [1.29, 1.82) is 0 Å². The van der Waals surface area contributed by atoms with Crippen LogP contribution in [0.1, 0.15) is 32.3 Å². The molecule has 0 aliphatic rings. The van der Waals surface area contributed by atoms with Crippen molar-refractivity contribution in [2.24, 2.45) is 11.8 Å². The van der Waals surface area contributed by atoms with Gasteiger partial charge in [0.25, 0.3) is 0 Å². The third-order valence-corrected chi connectivity index (χ3v) is 3.78. The summed E-state index contributed by atoms with van der Waals surface area (Å²) in [5.41, 5.74) is 1.35. The van der Waals surface area contributed by atoms with E-state index in [9.17, 15) is 9.59 Å². The van der Waals surface area contributed by atoms with Crippen molar-refractivity contribution < 1.29 is 14.7 Å². The summed E-state index contributed by atoms with van der Waals surface area (Å²) in [6.45, 7) is 6.44. The highest BCUT2D eigenvalue weighted by atomic mass is 35.5. The molecule has 6 heteroatoms. The normalized spacial score (nSPS) is 12.1. The van der Waals surface area contributed by atoms with Crippen LogP contribution >= 0.6 is 11.6 Å². The van der Waals surface area contributed by atoms with E-state index in [2.05, 4.69) is 24.5 Å². The van der Waals surface area contributed by atoms with Crippen LogP contribution in [0.5, 0.6) is 0 Å². The number of aryl methyl sites for hydroxylation is 1. The number of nitrogens with one attached hydrogen (secondary N) is 2. The summed E-state index contributed by atoms with van der Waals surface area (Å²) in [5.74, 6) is -0.783. The highest BCUT2D eigenvalue weighted by Crippen LogP contribution is 2.20. The zero-order chi connectivity index (χ0) is 17.4. The van der Waals surface area contributed by atoms with Crippen LogP contribution in [0.15, 0.2) is 18.2 Å². The molecule has 5 nitrogen and oxygen atoms in total. The molecular weight excluding hydrogens is 316 g/mol. The van der Waals surface area contributed by atoms with Crippen LogP contribution in [0.2, 0.25) is 5.02 Å². The van der Waals surface area contributed by atoms with Crippen LogP contribution in [-0.2, 0) is 9.59 Å². The Morgan fingerprint density at radius 1 is 1.26 bits per heavy atom. The average molecular weight is 341 g/mol. The molecule has 0 aromatic heterocycles. The Morgan fingerprint density at radius 2 is 1.96 bits per heavy atom. The number of aliphatic hydroxyl groups excluding tert-OH is 1. The lowest BCUT2D eigenvalue weighted by Gasteiger charge is -2.18. The summed E-state index contributed by atoms with van der Waals surface area (Å²) in [5, 5.41) is 14.8. The van der Waals surface area contributed by atoms with Crippen LogP contribution in [0.4, 0.5) is 5.69 Å². The van der Waals surface area contributed by atoms with Crippen molar-refractivity contribution in [2.75, 3.05) is 18.5 Å². The summed E-state index contributed by atoms with van der Waals surface area (Å²) in [4.78, 5) is 23.9. The molecule has 0 saturated carbocycles. The molecule has 1 unspecified atom stereocenters. The summed E-state index contributed by atoms with van der Waals surface area (Å²) in [7, 11) is 0. The quantitative estimate of drug-likeness (QED) is 0.668. The van der Waals surface area contributed by atoms with Crippen molar-refractivity contribution in [3.63, 3.8) is 0 Å². The number of benzene rings is 1. The number of amides is 2. The topological polar surface area (TPSA) is 78.4 Å². The number of halogens is 1. The highest BCUT2D eigenvalue weighted by molar-refractivity contribution is 6.40. The molecule has 23 heavy (non-hydrogen) atoms. The molecular formula is C17H25ClN2O3. The SMILES string of the molecule is Cc1ccc(Cl)cc1NC(=O)C(=O)NCC(CCO)CC(C)C. The van der Waals surface area contributed by atoms with Crippen LogP contribution < -0.4 is 10.6 Å². The smallest absolute Gasteiger partial charge is 0.313 e. The fraction of sp³-hybridized carbons (Fsp3) is 0.529. The van der Waals surface area contributed by atoms with E-state index in [1.807, 2.05) is 6.92 Å². The number of hydrogen-bond acceptors (Lipinski definition) is 3. The van der Waals surface area contributed by atoms with Gasteiger partial charge in [-0.25, -0.2) is 0 Å². The number of aliphatic hydroxyl groups is 1. The average Bonchev–Trinajstić information content (AvgIpc) is 2.47. The molecule has 128 valence electrons. The number of carbonyl (C=O) groups is 2. The molecule has 1 rings (SSSR count). The van der Waals surface area contributed by atoms with Crippen LogP contribution in [0, 0.1) is 18.8 Å². The first-order chi connectivity index (χ1) is 10.8. The molecule has 1 atom stereocenters. The first-order valence-electron chi connectivity index (χ1n) is 7.79. The van der Waals surface area contributed by atoms with E-state index in [0.29, 0.717) is 29.6 Å². The molecule has 1 aromatic carbocycles. The summed E-state index contributed by atoms with van der Waals surface area (Å²) >= 11 is 5.89. The van der Waals surface area contributed by atoms with Gasteiger partial charge in [0.15, 0.2) is 0 Å². The molecule has 0 saturated heterocycles. The second-order valence-electron chi connectivity index (χ2n) is 6.13. The Bertz CT molecular complexity index is 547. The van der Waals surface area contributed by atoms with Crippen molar-refractivity contribution in [2.45, 2.75) is 33.6 Å². The monoisotopic (exact) mass is 340 g/mol. The van der Waals surface area contributed by atoms with Crippen LogP contribution in [-0.4, -0.2) is 30.1 Å². The van der Waals surface area contributed by atoms with Gasteiger partial charge in [-0.1, -0.05) is 31.5 Å². The van der Waals surface area contributed by atoms with E-state index in [-0.39, 0.29) is 12.5 Å². The maximum Gasteiger partial charge on any atom is 0.313 e. The van der Waals surface area contributed by atoms with Gasteiger partial charge in [-0.05, 0) is 49.3 Å². The molecule has 0 radical (unpaired) electrons. The van der Waals surface area contributed by atoms with Gasteiger partial charge in [0, 0.05) is 23.9 Å². The minimum absolute atomic E-state index is 0.0706. The minimum atomic E-state index is -0.720. The summed E-state index contributed by atoms with van der Waals surface area (Å²) < 4.78 is 0. The second kappa shape index (κ2) is 9.53. The molecule has 3 N–H and O–H groups in total. The van der Waals surface area contributed by atoms with Crippen molar-refractivity contribution in [1.82, 2.24) is 5.32 Å². The van der Waals surface area contributed by atoms with Gasteiger partial charge in [0.05, 0.1) is 0 Å². The lowest BCUT2D eigenvalue weighted by Crippen LogP contribution is -2.38. The predicted molar refractivity (Wildman–Crippen MR) is 92.5 cm³/mol. The van der Waals surface area contributed by atoms with Crippen LogP contribution in [0.25, 0.3) is 0 Å². The van der Waals surface area contributed by atoms with Crippen molar-refractivity contribution in [3.05, 3.63) is 28.8 Å². The fourth-order valence-corrected chi connectivity index (χ4v) is 2.55. The van der Waals surface area contributed by atoms with Gasteiger partial charge in [-0.3, -0.25) is 9.59 Å². The van der Waals surface area contributed by atoms with Gasteiger partial charge < -0.3 is 15.7 Å². The van der Waals surface area contributed by atoms with Gasteiger partial charge in [-0.15, -0.1) is 0 Å². The third-order valence-electron chi connectivity index (χ3n) is 3.55. The van der Waals surface area contributed by atoms with Gasteiger partial charge in [-0.2, -0.15) is 0 Å². The Hall–Kier alpha value is -1.59. The number of rotatable bonds is 7. The lowest BCUT2D eigenvalue weighted by molar-refractivity contribution is -0.136. The predicted octanol–water partition coefficient (Wildman–Crippen LogP) is 2.75. The first-order valence-corrected chi connectivity index (χ1v) is 8.17. The molecule has 0 fully saturated rings. The molecule has 0 spiro atoms. The van der Waals surface area contributed by atoms with E-state index in [1.165, 1.54) is 0 Å². The van der Waals surface area contributed by atoms with Crippen LogP contribution in [0.3, 0.4) is 0 Å². The molecule has 0 aliphatic heterocycles. The number of hydrogen-bond donors (Lipinski definition) is 3. The lowest BCUT2D eigenvalue weighted by atomic mass is 9.94. The third kappa shape index (κ3) is 7.01. The first kappa shape index (κ1) is 19.5. The largest absolute Gasteiger partial charge is 0.396 e. The maximum atomic E-state index is 12.0. The minimum Gasteiger partial charge on any atom is -0.396 e. The molecule has 0 aliphatic carbocycles. The van der Waals surface area contributed by atoms with E-state index in [1.54, 1.807) is 18.2 Å². The van der Waals surface area contributed by atoms with E-state index in [4.69, 9.17) is 16.7 Å². The summed E-state index contributed by atoms with van der Waals surface area (Å²) in [6, 6.07) is 5.10. The van der Waals surface area contributed by atoms with E-state index in [0.717, 1.165) is 12.0 Å². The van der Waals surface area contributed by atoms with Crippen molar-refractivity contribution >= 4 is 29.1 Å². The molecule has 0 heterocycles. The van der Waals surface area contributed by atoms with Crippen molar-refractivity contribution in [3.8, 4) is 0 Å². The maximum absolute atomic E-state index is 12.0. The van der Waals surface area contributed by atoms with E-state index >= 15 is 0 Å². The van der Waals surface area contributed by atoms with E-state index < -0.39 is 11.8 Å². The van der Waals surface area contributed by atoms with Gasteiger partial charge in [0.1, 0.15) is 0 Å². The van der Waals surface area contributed by atoms with Gasteiger partial charge >= 0.3 is 11.8 Å². The standard InChI is InChI=1S/C17H25ClN2O3/c1-11(2)8-13(6-7-21)10-19-16(22)17(23)20-15-9-14(18)5-4-12(15)3/h4-5,9,11,13,21H,6-8,10H2,1-3H3,(H,19,22)(H,20,23). The summed E-state index contributed by atoms with van der Waals surface area (Å²) in [6.07, 6.45) is 1.49. The second-order valence-corrected chi connectivity index (χ2v) is 6.57.